The van der Waals surface area contributed by atoms with Crippen molar-refractivity contribution in [3.05, 3.63) is 111 Å². The first-order valence-corrected chi connectivity index (χ1v) is 12.6. The molecule has 3 aromatic carbocycles. The summed E-state index contributed by atoms with van der Waals surface area (Å²) in [5.74, 6) is -1.36. The minimum absolute atomic E-state index is 0.0214. The molecule has 206 valence electrons. The van der Waals surface area contributed by atoms with Gasteiger partial charge in [-0.2, -0.15) is 13.2 Å². The van der Waals surface area contributed by atoms with Gasteiger partial charge in [0.15, 0.2) is 0 Å². The minimum atomic E-state index is -4.50. The number of hydrogen-bond donors (Lipinski definition) is 0. The van der Waals surface area contributed by atoms with Crippen molar-refractivity contribution in [3.63, 3.8) is 0 Å². The largest absolute Gasteiger partial charge is 0.416 e. The Hall–Kier alpha value is -3.79. The number of nitro groups is 1. The molecule has 0 spiro atoms. The molecule has 3 aromatic rings. The molecule has 1 heterocycles. The van der Waals surface area contributed by atoms with E-state index in [9.17, 15) is 32.5 Å². The molecule has 0 radical (unpaired) electrons. The van der Waals surface area contributed by atoms with E-state index < -0.39 is 22.5 Å². The summed E-state index contributed by atoms with van der Waals surface area (Å²) in [7, 11) is 0. The maximum atomic E-state index is 13.5. The summed E-state index contributed by atoms with van der Waals surface area (Å²) in [6.07, 6.45) is -4.50. The molecule has 1 amide bonds. The summed E-state index contributed by atoms with van der Waals surface area (Å²) in [6.45, 7) is 4.99. The fourth-order valence-corrected chi connectivity index (χ4v) is 5.20. The number of halogens is 4. The highest BCUT2D eigenvalue weighted by atomic mass is 19.4. The van der Waals surface area contributed by atoms with Gasteiger partial charge < -0.3 is 4.90 Å². The molecular formula is C29H29F4N3O3. The molecule has 10 heteroatoms. The number of alkyl halides is 3. The van der Waals surface area contributed by atoms with Gasteiger partial charge in [0.2, 0.25) is 0 Å². The van der Waals surface area contributed by atoms with Crippen molar-refractivity contribution in [2.75, 3.05) is 19.6 Å². The van der Waals surface area contributed by atoms with Gasteiger partial charge in [0.05, 0.1) is 10.5 Å². The molecule has 1 aliphatic heterocycles. The molecule has 2 atom stereocenters. The smallest absolute Gasteiger partial charge is 0.336 e. The van der Waals surface area contributed by atoms with Gasteiger partial charge in [-0.1, -0.05) is 36.4 Å². The van der Waals surface area contributed by atoms with Crippen LogP contribution in [-0.2, 0) is 12.7 Å². The Balaban J connectivity index is 1.65. The van der Waals surface area contributed by atoms with E-state index in [2.05, 4.69) is 0 Å². The Bertz CT molecular complexity index is 1330. The fourth-order valence-electron chi connectivity index (χ4n) is 5.20. The van der Waals surface area contributed by atoms with Crippen LogP contribution in [0.4, 0.5) is 23.2 Å². The molecule has 0 aromatic heterocycles. The summed E-state index contributed by atoms with van der Waals surface area (Å²) in [5, 5.41) is 11.5. The topological polar surface area (TPSA) is 66.7 Å². The van der Waals surface area contributed by atoms with E-state index in [1.54, 1.807) is 29.2 Å². The second kappa shape index (κ2) is 11.5. The van der Waals surface area contributed by atoms with Crippen LogP contribution in [0.25, 0.3) is 0 Å². The Morgan fingerprint density at radius 1 is 1.05 bits per heavy atom. The monoisotopic (exact) mass is 543 g/mol. The molecule has 0 N–H and O–H groups in total. The first kappa shape index (κ1) is 28.2. The second-order valence-corrected chi connectivity index (χ2v) is 10.1. The first-order valence-electron chi connectivity index (χ1n) is 12.6. The maximum Gasteiger partial charge on any atom is 0.416 e. The van der Waals surface area contributed by atoms with Crippen LogP contribution < -0.4 is 0 Å². The fraction of sp³-hybridized carbons (Fsp3) is 0.345. The van der Waals surface area contributed by atoms with Crippen molar-refractivity contribution in [3.8, 4) is 0 Å². The Morgan fingerprint density at radius 3 is 2.38 bits per heavy atom. The number of carbonyl (C=O) groups is 1. The highest BCUT2D eigenvalue weighted by Crippen LogP contribution is 2.38. The average Bonchev–Trinajstić information content (AvgIpc) is 3.29. The number of hydrogen-bond acceptors (Lipinski definition) is 4. The highest BCUT2D eigenvalue weighted by molar-refractivity contribution is 5.94. The highest BCUT2D eigenvalue weighted by Gasteiger charge is 2.38. The lowest BCUT2D eigenvalue weighted by atomic mass is 9.87. The normalized spacial score (nSPS) is 17.9. The van der Waals surface area contributed by atoms with Crippen LogP contribution >= 0.6 is 0 Å². The number of nitro benzene ring substituents is 1. The lowest BCUT2D eigenvalue weighted by Crippen LogP contribution is -2.42. The Labute approximate surface area is 224 Å². The Kier molecular flexibility index (Phi) is 8.34. The lowest BCUT2D eigenvalue weighted by Gasteiger charge is -2.32. The van der Waals surface area contributed by atoms with E-state index >= 15 is 0 Å². The van der Waals surface area contributed by atoms with Crippen LogP contribution in [0.1, 0.15) is 46.8 Å². The SMILES string of the molecule is CC(C)N(C[C@@H]1CN(Cc2ccccc2[N+](=O)[O-])C[C@H]1c1cccc(C(F)(F)F)c1)C(=O)c1ccc(F)cc1. The van der Waals surface area contributed by atoms with E-state index in [-0.39, 0.29) is 42.6 Å². The van der Waals surface area contributed by atoms with Crippen LogP contribution in [0.3, 0.4) is 0 Å². The van der Waals surface area contributed by atoms with Crippen molar-refractivity contribution >= 4 is 11.6 Å². The van der Waals surface area contributed by atoms with E-state index in [4.69, 9.17) is 0 Å². The predicted molar refractivity (Wildman–Crippen MR) is 139 cm³/mol. The molecule has 0 saturated carbocycles. The molecule has 1 fully saturated rings. The molecule has 1 aliphatic rings. The van der Waals surface area contributed by atoms with Crippen LogP contribution in [0, 0.1) is 21.8 Å². The van der Waals surface area contributed by atoms with Gasteiger partial charge in [-0.15, -0.1) is 0 Å². The van der Waals surface area contributed by atoms with Crippen LogP contribution in [0.15, 0.2) is 72.8 Å². The van der Waals surface area contributed by atoms with Gasteiger partial charge >= 0.3 is 6.18 Å². The average molecular weight is 544 g/mol. The van der Waals surface area contributed by atoms with Gasteiger partial charge in [-0.3, -0.25) is 19.8 Å². The number of amides is 1. The van der Waals surface area contributed by atoms with Crippen LogP contribution in [-0.4, -0.2) is 46.3 Å². The summed E-state index contributed by atoms with van der Waals surface area (Å²) >= 11 is 0. The van der Waals surface area contributed by atoms with E-state index in [1.807, 2.05) is 18.7 Å². The number of para-hydroxylation sites is 1. The third kappa shape index (κ3) is 6.62. The summed E-state index contributed by atoms with van der Waals surface area (Å²) in [4.78, 5) is 28.1. The molecule has 39 heavy (non-hydrogen) atoms. The zero-order chi connectivity index (χ0) is 28.3. The lowest BCUT2D eigenvalue weighted by molar-refractivity contribution is -0.385. The van der Waals surface area contributed by atoms with Crippen LogP contribution in [0.5, 0.6) is 0 Å². The number of carbonyl (C=O) groups excluding carboxylic acids is 1. The number of nitrogens with zero attached hydrogens (tertiary/aromatic N) is 3. The summed E-state index contributed by atoms with van der Waals surface area (Å²) in [6, 6.07) is 16.6. The molecule has 4 rings (SSSR count). The minimum Gasteiger partial charge on any atom is -0.336 e. The third-order valence-electron chi connectivity index (χ3n) is 7.15. The van der Waals surface area contributed by atoms with Gasteiger partial charge in [0.1, 0.15) is 5.82 Å². The molecule has 6 nitrogen and oxygen atoms in total. The van der Waals surface area contributed by atoms with Gasteiger partial charge in [0, 0.05) is 55.3 Å². The third-order valence-corrected chi connectivity index (χ3v) is 7.15. The summed E-state index contributed by atoms with van der Waals surface area (Å²) < 4.78 is 54.0. The molecule has 0 unspecified atom stereocenters. The van der Waals surface area contributed by atoms with E-state index in [0.717, 1.165) is 12.1 Å². The number of rotatable bonds is 8. The van der Waals surface area contributed by atoms with Crippen LogP contribution in [0.2, 0.25) is 0 Å². The standard InChI is InChI=1S/C29H29F4N3O3/c1-19(2)35(28(37)20-10-12-25(30)13-11-20)17-23-16-34(15-22-6-3-4-9-27(22)36(38)39)18-26(23)21-7-5-8-24(14-21)29(31,32)33/h3-14,19,23,26H,15-18H2,1-2H3/t23-,26-/m0/s1. The van der Waals surface area contributed by atoms with Crippen molar-refractivity contribution in [2.24, 2.45) is 5.92 Å². The van der Waals surface area contributed by atoms with Crippen molar-refractivity contribution < 1.29 is 27.3 Å². The Morgan fingerprint density at radius 2 is 1.74 bits per heavy atom. The molecule has 1 saturated heterocycles. The summed E-state index contributed by atoms with van der Waals surface area (Å²) in [5.41, 5.74) is 0.549. The first-order chi connectivity index (χ1) is 18.4. The molecule has 0 aliphatic carbocycles. The van der Waals surface area contributed by atoms with Crippen molar-refractivity contribution in [1.82, 2.24) is 9.80 Å². The molecule has 0 bridgehead atoms. The van der Waals surface area contributed by atoms with E-state index in [1.165, 1.54) is 36.4 Å². The second-order valence-electron chi connectivity index (χ2n) is 10.1. The quantitative estimate of drug-likeness (QED) is 0.184. The maximum absolute atomic E-state index is 13.5. The zero-order valence-electron chi connectivity index (χ0n) is 21.6. The van der Waals surface area contributed by atoms with Gasteiger partial charge in [-0.05, 0) is 55.7 Å². The van der Waals surface area contributed by atoms with Crippen molar-refractivity contribution in [1.29, 1.82) is 0 Å². The number of likely N-dealkylation sites (tertiary alicyclic amines) is 1. The van der Waals surface area contributed by atoms with E-state index in [0.29, 0.717) is 29.8 Å². The van der Waals surface area contributed by atoms with Gasteiger partial charge in [0.25, 0.3) is 11.6 Å². The zero-order valence-corrected chi connectivity index (χ0v) is 21.6. The molecular weight excluding hydrogens is 514 g/mol. The van der Waals surface area contributed by atoms with Crippen molar-refractivity contribution in [2.45, 2.75) is 38.5 Å². The number of benzene rings is 3. The predicted octanol–water partition coefficient (Wildman–Crippen LogP) is 6.52. The van der Waals surface area contributed by atoms with Gasteiger partial charge in [-0.25, -0.2) is 4.39 Å².